The highest BCUT2D eigenvalue weighted by Crippen LogP contribution is 2.21. The molecule has 0 saturated heterocycles. The monoisotopic (exact) mass is 275 g/mol. The minimum Gasteiger partial charge on any atom is -0.399 e. The molecule has 8 heteroatoms. The molecule has 1 amide bonds. The predicted molar refractivity (Wildman–Crippen MR) is 64.8 cm³/mol. The highest BCUT2D eigenvalue weighted by atomic mass is 32.2. The standard InChI is InChI=1S/C10H14FN3O3S/c1-6-8(11)3-7(12)4-9(6)18(16,17)14-5-10(15)13-2/h3-4,14H,5,12H2,1-2H3,(H,13,15). The molecule has 0 unspecified atom stereocenters. The molecule has 0 fully saturated rings. The van der Waals surface area contributed by atoms with Crippen molar-refractivity contribution in [3.63, 3.8) is 0 Å². The van der Waals surface area contributed by atoms with Crippen molar-refractivity contribution in [2.24, 2.45) is 0 Å². The van der Waals surface area contributed by atoms with Gasteiger partial charge in [0, 0.05) is 18.3 Å². The second-order valence-corrected chi connectivity index (χ2v) is 5.36. The molecule has 100 valence electrons. The van der Waals surface area contributed by atoms with Crippen LogP contribution in [0.4, 0.5) is 10.1 Å². The van der Waals surface area contributed by atoms with Crippen LogP contribution in [-0.2, 0) is 14.8 Å². The van der Waals surface area contributed by atoms with Crippen LogP contribution in [0.5, 0.6) is 0 Å². The van der Waals surface area contributed by atoms with Crippen molar-refractivity contribution in [2.45, 2.75) is 11.8 Å². The van der Waals surface area contributed by atoms with Crippen LogP contribution in [0.15, 0.2) is 17.0 Å². The SMILES string of the molecule is CNC(=O)CNS(=O)(=O)c1cc(N)cc(F)c1C. The van der Waals surface area contributed by atoms with Crippen LogP contribution in [0, 0.1) is 12.7 Å². The summed E-state index contributed by atoms with van der Waals surface area (Å²) in [5.41, 5.74) is 5.35. The van der Waals surface area contributed by atoms with Crippen molar-refractivity contribution < 1.29 is 17.6 Å². The molecule has 0 aliphatic rings. The zero-order valence-electron chi connectivity index (χ0n) is 9.95. The summed E-state index contributed by atoms with van der Waals surface area (Å²) in [6, 6.07) is 2.18. The second kappa shape index (κ2) is 5.32. The Kier molecular flexibility index (Phi) is 4.25. The summed E-state index contributed by atoms with van der Waals surface area (Å²) in [6.07, 6.45) is 0. The van der Waals surface area contributed by atoms with E-state index in [4.69, 9.17) is 5.73 Å². The van der Waals surface area contributed by atoms with Crippen molar-refractivity contribution in [2.75, 3.05) is 19.3 Å². The number of likely N-dealkylation sites (N-methyl/N-ethyl adjacent to an activating group) is 1. The van der Waals surface area contributed by atoms with Gasteiger partial charge in [-0.05, 0) is 19.1 Å². The van der Waals surface area contributed by atoms with Gasteiger partial charge in [-0.15, -0.1) is 0 Å². The number of benzene rings is 1. The molecule has 0 saturated carbocycles. The number of hydrogen-bond acceptors (Lipinski definition) is 4. The van der Waals surface area contributed by atoms with Gasteiger partial charge in [-0.1, -0.05) is 0 Å². The topological polar surface area (TPSA) is 101 Å². The number of nitrogens with two attached hydrogens (primary N) is 1. The number of carbonyl (C=O) groups excluding carboxylic acids is 1. The molecule has 1 rings (SSSR count). The minimum absolute atomic E-state index is 0.00146. The Bertz CT molecular complexity index is 572. The van der Waals surface area contributed by atoms with Crippen LogP contribution in [0.2, 0.25) is 0 Å². The van der Waals surface area contributed by atoms with Gasteiger partial charge in [-0.25, -0.2) is 17.5 Å². The molecule has 0 aliphatic carbocycles. The van der Waals surface area contributed by atoms with Crippen molar-refractivity contribution in [1.29, 1.82) is 0 Å². The van der Waals surface area contributed by atoms with E-state index in [0.29, 0.717) is 0 Å². The summed E-state index contributed by atoms with van der Waals surface area (Å²) < 4.78 is 39.2. The van der Waals surface area contributed by atoms with E-state index in [9.17, 15) is 17.6 Å². The Labute approximate surface area is 104 Å². The lowest BCUT2D eigenvalue weighted by Crippen LogP contribution is -2.35. The number of sulfonamides is 1. The second-order valence-electron chi connectivity index (χ2n) is 3.62. The van der Waals surface area contributed by atoms with E-state index in [-0.39, 0.29) is 16.1 Å². The zero-order valence-corrected chi connectivity index (χ0v) is 10.8. The summed E-state index contributed by atoms with van der Waals surface area (Å²) in [4.78, 5) is 10.7. The number of amides is 1. The summed E-state index contributed by atoms with van der Waals surface area (Å²) in [5, 5.41) is 2.26. The van der Waals surface area contributed by atoms with Crippen molar-refractivity contribution in [3.8, 4) is 0 Å². The quantitative estimate of drug-likeness (QED) is 0.659. The molecule has 0 atom stereocenters. The van der Waals surface area contributed by atoms with Gasteiger partial charge >= 0.3 is 0 Å². The number of hydrogen-bond donors (Lipinski definition) is 3. The fourth-order valence-corrected chi connectivity index (χ4v) is 2.55. The normalized spacial score (nSPS) is 11.3. The van der Waals surface area contributed by atoms with Crippen LogP contribution in [0.3, 0.4) is 0 Å². The highest BCUT2D eigenvalue weighted by Gasteiger charge is 2.20. The van der Waals surface area contributed by atoms with Gasteiger partial charge in [-0.3, -0.25) is 4.79 Å². The van der Waals surface area contributed by atoms with E-state index < -0.39 is 28.3 Å². The molecule has 0 aromatic heterocycles. The van der Waals surface area contributed by atoms with Gasteiger partial charge in [0.2, 0.25) is 15.9 Å². The number of halogens is 1. The molecule has 0 heterocycles. The summed E-state index contributed by atoms with van der Waals surface area (Å²) in [5.74, 6) is -1.21. The minimum atomic E-state index is -3.97. The molecule has 0 bridgehead atoms. The highest BCUT2D eigenvalue weighted by molar-refractivity contribution is 7.89. The van der Waals surface area contributed by atoms with E-state index in [1.165, 1.54) is 14.0 Å². The number of rotatable bonds is 4. The van der Waals surface area contributed by atoms with Crippen molar-refractivity contribution in [1.82, 2.24) is 10.0 Å². The number of nitrogens with one attached hydrogen (secondary N) is 2. The molecule has 0 aliphatic heterocycles. The molecule has 1 aromatic rings. The first-order chi connectivity index (χ1) is 8.27. The first-order valence-electron chi connectivity index (χ1n) is 5.04. The summed E-state index contributed by atoms with van der Waals surface area (Å²) >= 11 is 0. The molecule has 18 heavy (non-hydrogen) atoms. The molecular formula is C10H14FN3O3S. The van der Waals surface area contributed by atoms with Crippen LogP contribution < -0.4 is 15.8 Å². The lowest BCUT2D eigenvalue weighted by atomic mass is 10.2. The first-order valence-corrected chi connectivity index (χ1v) is 6.52. The fourth-order valence-electron chi connectivity index (χ4n) is 1.28. The third kappa shape index (κ3) is 3.17. The molecule has 0 radical (unpaired) electrons. The Balaban J connectivity index is 3.09. The lowest BCUT2D eigenvalue weighted by molar-refractivity contribution is -0.119. The molecule has 4 N–H and O–H groups in total. The van der Waals surface area contributed by atoms with Crippen molar-refractivity contribution in [3.05, 3.63) is 23.5 Å². The maximum atomic E-state index is 13.4. The summed E-state index contributed by atoms with van der Waals surface area (Å²) in [6.45, 7) is 0.901. The Morgan fingerprint density at radius 2 is 2.06 bits per heavy atom. The van der Waals surface area contributed by atoms with E-state index in [2.05, 4.69) is 10.0 Å². The maximum Gasteiger partial charge on any atom is 0.241 e. The zero-order chi connectivity index (χ0) is 13.9. The smallest absolute Gasteiger partial charge is 0.241 e. The fraction of sp³-hybridized carbons (Fsp3) is 0.300. The van der Waals surface area contributed by atoms with Gasteiger partial charge < -0.3 is 11.1 Å². The Morgan fingerprint density at radius 1 is 1.44 bits per heavy atom. The largest absolute Gasteiger partial charge is 0.399 e. The van der Waals surface area contributed by atoms with E-state index in [1.54, 1.807) is 0 Å². The van der Waals surface area contributed by atoms with Crippen LogP contribution in [0.1, 0.15) is 5.56 Å². The third-order valence-electron chi connectivity index (χ3n) is 2.31. The van der Waals surface area contributed by atoms with Crippen LogP contribution in [-0.4, -0.2) is 27.9 Å². The van der Waals surface area contributed by atoms with E-state index >= 15 is 0 Å². The Morgan fingerprint density at radius 3 is 2.61 bits per heavy atom. The molecule has 6 nitrogen and oxygen atoms in total. The average molecular weight is 275 g/mol. The average Bonchev–Trinajstić information content (AvgIpc) is 2.30. The lowest BCUT2D eigenvalue weighted by Gasteiger charge is -2.10. The van der Waals surface area contributed by atoms with Gasteiger partial charge in [-0.2, -0.15) is 0 Å². The molecule has 1 aromatic carbocycles. The number of anilines is 1. The van der Waals surface area contributed by atoms with Crippen LogP contribution in [0.25, 0.3) is 0 Å². The maximum absolute atomic E-state index is 13.4. The van der Waals surface area contributed by atoms with Gasteiger partial charge in [0.05, 0.1) is 11.4 Å². The van der Waals surface area contributed by atoms with E-state index in [0.717, 1.165) is 12.1 Å². The van der Waals surface area contributed by atoms with Crippen LogP contribution >= 0.6 is 0 Å². The van der Waals surface area contributed by atoms with Gasteiger partial charge in [0.1, 0.15) is 5.82 Å². The molecular weight excluding hydrogens is 261 g/mol. The van der Waals surface area contributed by atoms with Gasteiger partial charge in [0.15, 0.2) is 0 Å². The third-order valence-corrected chi connectivity index (χ3v) is 3.84. The number of carbonyl (C=O) groups is 1. The van der Waals surface area contributed by atoms with Gasteiger partial charge in [0.25, 0.3) is 0 Å². The predicted octanol–water partition coefficient (Wildman–Crippen LogP) is -0.259. The number of nitrogen functional groups attached to an aromatic ring is 1. The Hall–Kier alpha value is -1.67. The van der Waals surface area contributed by atoms with Crippen molar-refractivity contribution >= 4 is 21.6 Å². The summed E-state index contributed by atoms with van der Waals surface area (Å²) in [7, 11) is -2.59. The van der Waals surface area contributed by atoms with E-state index in [1.807, 2.05) is 0 Å². The molecule has 0 spiro atoms. The first kappa shape index (κ1) is 14.4.